The van der Waals surface area contributed by atoms with Crippen LogP contribution < -0.4 is 5.32 Å². The number of likely N-dealkylation sites (tertiary alicyclic amines) is 1. The highest BCUT2D eigenvalue weighted by Crippen LogP contribution is 2.32. The lowest BCUT2D eigenvalue weighted by atomic mass is 10.1. The number of amides is 1. The molecule has 3 heterocycles. The van der Waals surface area contributed by atoms with E-state index < -0.39 is 0 Å². The van der Waals surface area contributed by atoms with E-state index in [1.807, 2.05) is 36.5 Å². The van der Waals surface area contributed by atoms with Gasteiger partial charge >= 0.3 is 0 Å². The second kappa shape index (κ2) is 7.94. The molecular weight excluding hydrogens is 358 g/mol. The van der Waals surface area contributed by atoms with Crippen LogP contribution in [0.15, 0.2) is 48.7 Å². The molecular formula is C20H21N5OS. The highest BCUT2D eigenvalue weighted by Gasteiger charge is 2.26. The van der Waals surface area contributed by atoms with E-state index in [9.17, 15) is 4.79 Å². The van der Waals surface area contributed by atoms with Crippen LogP contribution in [-0.4, -0.2) is 31.7 Å². The largest absolute Gasteiger partial charge is 0.297 e. The average molecular weight is 379 g/mol. The van der Waals surface area contributed by atoms with Crippen molar-refractivity contribution < 1.29 is 4.79 Å². The van der Waals surface area contributed by atoms with Crippen LogP contribution in [0, 0.1) is 6.92 Å². The number of rotatable bonds is 5. The molecule has 3 aromatic rings. The van der Waals surface area contributed by atoms with E-state index in [0.717, 1.165) is 37.2 Å². The van der Waals surface area contributed by atoms with Crippen molar-refractivity contribution in [3.8, 4) is 0 Å². The second-order valence-corrected chi connectivity index (χ2v) is 7.44. The van der Waals surface area contributed by atoms with Gasteiger partial charge in [0, 0.05) is 29.8 Å². The van der Waals surface area contributed by atoms with Crippen molar-refractivity contribution in [3.05, 3.63) is 71.3 Å². The number of carbonyl (C=O) groups is 1. The molecule has 1 atom stereocenters. The summed E-state index contributed by atoms with van der Waals surface area (Å²) in [4.78, 5) is 23.7. The van der Waals surface area contributed by atoms with E-state index in [4.69, 9.17) is 0 Å². The van der Waals surface area contributed by atoms with Gasteiger partial charge in [-0.1, -0.05) is 18.2 Å². The van der Waals surface area contributed by atoms with Gasteiger partial charge in [-0.3, -0.25) is 20.0 Å². The summed E-state index contributed by atoms with van der Waals surface area (Å²) in [5.74, 6) is 0.509. The minimum absolute atomic E-state index is 0.157. The molecule has 1 saturated heterocycles. The third-order valence-corrected chi connectivity index (χ3v) is 5.44. The zero-order chi connectivity index (χ0) is 18.6. The number of nitrogens with zero attached hydrogens (tertiary/aromatic N) is 4. The molecule has 0 saturated carbocycles. The number of hydrogen-bond acceptors (Lipinski definition) is 6. The van der Waals surface area contributed by atoms with Crippen LogP contribution in [0.25, 0.3) is 0 Å². The van der Waals surface area contributed by atoms with Crippen LogP contribution in [0.4, 0.5) is 5.13 Å². The lowest BCUT2D eigenvalue weighted by Crippen LogP contribution is -2.23. The van der Waals surface area contributed by atoms with Crippen LogP contribution >= 0.6 is 11.5 Å². The molecule has 1 aliphatic rings. The highest BCUT2D eigenvalue weighted by molar-refractivity contribution is 7.09. The smallest absolute Gasteiger partial charge is 0.257 e. The summed E-state index contributed by atoms with van der Waals surface area (Å²) < 4.78 is 4.09. The van der Waals surface area contributed by atoms with Crippen LogP contribution in [-0.2, 0) is 6.54 Å². The Morgan fingerprint density at radius 3 is 3.00 bits per heavy atom. The molecule has 1 fully saturated rings. The van der Waals surface area contributed by atoms with Gasteiger partial charge in [0.15, 0.2) is 0 Å². The predicted octanol–water partition coefficient (Wildman–Crippen LogP) is 3.83. The Bertz CT molecular complexity index is 927. The zero-order valence-electron chi connectivity index (χ0n) is 15.1. The van der Waals surface area contributed by atoms with Crippen molar-refractivity contribution in [2.45, 2.75) is 32.4 Å². The van der Waals surface area contributed by atoms with Gasteiger partial charge in [0.25, 0.3) is 5.91 Å². The Labute approximate surface area is 162 Å². The first-order valence-electron chi connectivity index (χ1n) is 9.04. The van der Waals surface area contributed by atoms with Crippen molar-refractivity contribution in [2.75, 3.05) is 11.9 Å². The molecule has 1 aromatic carbocycles. The molecule has 0 unspecified atom stereocenters. The quantitative estimate of drug-likeness (QED) is 0.729. The summed E-state index contributed by atoms with van der Waals surface area (Å²) in [5.41, 5.74) is 2.88. The van der Waals surface area contributed by atoms with Gasteiger partial charge in [-0.05, 0) is 56.1 Å². The minimum Gasteiger partial charge on any atom is -0.297 e. The van der Waals surface area contributed by atoms with E-state index in [1.165, 1.54) is 11.5 Å². The lowest BCUT2D eigenvalue weighted by Gasteiger charge is -2.24. The second-order valence-electron chi connectivity index (χ2n) is 6.68. The first-order chi connectivity index (χ1) is 13.2. The summed E-state index contributed by atoms with van der Waals surface area (Å²) in [7, 11) is 0. The van der Waals surface area contributed by atoms with Gasteiger partial charge in [-0.25, -0.2) is 4.98 Å². The Balaban J connectivity index is 1.46. The first kappa shape index (κ1) is 17.8. The maximum atomic E-state index is 12.5. The number of anilines is 1. The Hall–Kier alpha value is -2.64. The number of pyridine rings is 1. The summed E-state index contributed by atoms with van der Waals surface area (Å²) in [6.45, 7) is 3.66. The van der Waals surface area contributed by atoms with Gasteiger partial charge < -0.3 is 0 Å². The van der Waals surface area contributed by atoms with Crippen molar-refractivity contribution in [1.29, 1.82) is 0 Å². The van der Waals surface area contributed by atoms with Gasteiger partial charge in [0.2, 0.25) is 5.13 Å². The molecule has 6 nitrogen and oxygen atoms in total. The summed E-state index contributed by atoms with van der Waals surface area (Å²) in [6, 6.07) is 14.2. The molecule has 1 amide bonds. The summed E-state index contributed by atoms with van der Waals surface area (Å²) >= 11 is 1.19. The van der Waals surface area contributed by atoms with E-state index in [-0.39, 0.29) is 5.91 Å². The first-order valence-corrected chi connectivity index (χ1v) is 9.82. The zero-order valence-corrected chi connectivity index (χ0v) is 15.9. The third kappa shape index (κ3) is 4.20. The molecule has 0 radical (unpaired) electrons. The van der Waals surface area contributed by atoms with E-state index >= 15 is 0 Å². The number of hydrogen-bond donors (Lipinski definition) is 1. The fraction of sp³-hybridized carbons (Fsp3) is 0.300. The number of benzene rings is 1. The normalized spacial score (nSPS) is 17.1. The lowest BCUT2D eigenvalue weighted by molar-refractivity contribution is 0.102. The van der Waals surface area contributed by atoms with Crippen LogP contribution in [0.5, 0.6) is 0 Å². The molecule has 7 heteroatoms. The Morgan fingerprint density at radius 1 is 1.30 bits per heavy atom. The van der Waals surface area contributed by atoms with E-state index in [1.54, 1.807) is 6.92 Å². The molecule has 0 spiro atoms. The van der Waals surface area contributed by atoms with Crippen molar-refractivity contribution >= 4 is 22.6 Å². The Kier molecular flexibility index (Phi) is 5.22. The average Bonchev–Trinajstić information content (AvgIpc) is 3.31. The molecule has 1 N–H and O–H groups in total. The van der Waals surface area contributed by atoms with Crippen molar-refractivity contribution in [1.82, 2.24) is 19.2 Å². The monoisotopic (exact) mass is 379 g/mol. The highest BCUT2D eigenvalue weighted by atomic mass is 32.1. The molecule has 0 bridgehead atoms. The fourth-order valence-electron chi connectivity index (χ4n) is 3.49. The van der Waals surface area contributed by atoms with E-state index in [2.05, 4.69) is 36.7 Å². The fourth-order valence-corrected chi connectivity index (χ4v) is 4.06. The Morgan fingerprint density at radius 2 is 2.22 bits per heavy atom. The summed E-state index contributed by atoms with van der Waals surface area (Å²) in [5, 5.41) is 3.34. The molecule has 2 aromatic heterocycles. The van der Waals surface area contributed by atoms with Gasteiger partial charge in [-0.15, -0.1) is 0 Å². The van der Waals surface area contributed by atoms with Gasteiger partial charge in [-0.2, -0.15) is 4.37 Å². The summed E-state index contributed by atoms with van der Waals surface area (Å²) in [6.07, 6.45) is 4.14. The van der Waals surface area contributed by atoms with Crippen LogP contribution in [0.1, 0.15) is 46.3 Å². The van der Waals surface area contributed by atoms with E-state index in [0.29, 0.717) is 22.6 Å². The molecule has 27 heavy (non-hydrogen) atoms. The molecule has 4 rings (SSSR count). The maximum absolute atomic E-state index is 12.5. The topological polar surface area (TPSA) is 71.0 Å². The van der Waals surface area contributed by atoms with Crippen LogP contribution in [0.2, 0.25) is 0 Å². The number of aromatic nitrogens is 3. The molecule has 138 valence electrons. The number of carbonyl (C=O) groups excluding carboxylic acids is 1. The third-order valence-electron chi connectivity index (χ3n) is 4.72. The van der Waals surface area contributed by atoms with Crippen molar-refractivity contribution in [3.63, 3.8) is 0 Å². The standard InChI is InChI=1S/C20H21N5OS/c1-14-22-20(27-24-14)23-19(26)16-7-4-6-15(12-16)13-25-11-5-9-18(25)17-8-2-3-10-21-17/h2-4,6-8,10,12,18H,5,9,11,13H2,1H3,(H,22,23,24,26)/t18-/m0/s1. The predicted molar refractivity (Wildman–Crippen MR) is 106 cm³/mol. The number of nitrogens with one attached hydrogen (secondary N) is 1. The minimum atomic E-state index is -0.157. The van der Waals surface area contributed by atoms with Gasteiger partial charge in [0.1, 0.15) is 5.82 Å². The van der Waals surface area contributed by atoms with Crippen LogP contribution in [0.3, 0.4) is 0 Å². The molecule has 1 aliphatic heterocycles. The molecule has 0 aliphatic carbocycles. The SMILES string of the molecule is Cc1nsc(NC(=O)c2cccc(CN3CCC[C@H]3c3ccccn3)c2)n1. The van der Waals surface area contributed by atoms with Gasteiger partial charge in [0.05, 0.1) is 11.7 Å². The van der Waals surface area contributed by atoms with Crippen molar-refractivity contribution in [2.24, 2.45) is 0 Å². The maximum Gasteiger partial charge on any atom is 0.257 e. The number of aryl methyl sites for hydroxylation is 1.